The largest absolute Gasteiger partial charge is 0.462 e. The fourth-order valence-electron chi connectivity index (χ4n) is 3.22. The van der Waals surface area contributed by atoms with E-state index in [2.05, 4.69) is 47.2 Å². The van der Waals surface area contributed by atoms with Crippen molar-refractivity contribution in [3.8, 4) is 0 Å². The summed E-state index contributed by atoms with van der Waals surface area (Å²) in [6.45, 7) is 4.09. The SMILES string of the molecule is CN(Cc1ccc(CO)o1)C[C@@H]1CCN(c2ccccc2)C1. The highest BCUT2D eigenvalue weighted by atomic mass is 16.4. The molecule has 3 rings (SSSR count). The first kappa shape index (κ1) is 15.1. The summed E-state index contributed by atoms with van der Waals surface area (Å²) in [6, 6.07) is 14.4. The Morgan fingerprint density at radius 1 is 1.18 bits per heavy atom. The molecule has 0 unspecified atom stereocenters. The minimum Gasteiger partial charge on any atom is -0.462 e. The Bertz CT molecular complexity index is 582. The molecule has 1 aliphatic heterocycles. The summed E-state index contributed by atoms with van der Waals surface area (Å²) in [5.74, 6) is 2.25. The number of para-hydroxylation sites is 1. The van der Waals surface area contributed by atoms with Crippen LogP contribution in [0.1, 0.15) is 17.9 Å². The minimum absolute atomic E-state index is 0.0294. The summed E-state index contributed by atoms with van der Waals surface area (Å²) < 4.78 is 5.56. The van der Waals surface area contributed by atoms with E-state index in [9.17, 15) is 0 Å². The van der Waals surface area contributed by atoms with E-state index in [0.717, 1.165) is 31.9 Å². The molecule has 0 aliphatic carbocycles. The van der Waals surface area contributed by atoms with Gasteiger partial charge in [0.05, 0.1) is 6.54 Å². The summed E-state index contributed by atoms with van der Waals surface area (Å²) in [4.78, 5) is 4.77. The molecule has 1 saturated heterocycles. The lowest BCUT2D eigenvalue weighted by molar-refractivity contribution is 0.225. The van der Waals surface area contributed by atoms with E-state index in [1.54, 1.807) is 0 Å². The van der Waals surface area contributed by atoms with Gasteiger partial charge in [-0.2, -0.15) is 0 Å². The Balaban J connectivity index is 1.49. The van der Waals surface area contributed by atoms with Crippen LogP contribution >= 0.6 is 0 Å². The quantitative estimate of drug-likeness (QED) is 0.890. The molecule has 0 radical (unpaired) electrons. The fraction of sp³-hybridized carbons (Fsp3) is 0.444. The minimum atomic E-state index is -0.0294. The van der Waals surface area contributed by atoms with E-state index >= 15 is 0 Å². The summed E-state index contributed by atoms with van der Waals surface area (Å²) in [7, 11) is 2.13. The first-order valence-electron chi connectivity index (χ1n) is 7.91. The van der Waals surface area contributed by atoms with Gasteiger partial charge in [0, 0.05) is 25.3 Å². The van der Waals surface area contributed by atoms with Crippen molar-refractivity contribution in [1.29, 1.82) is 0 Å². The van der Waals surface area contributed by atoms with Crippen LogP contribution in [-0.2, 0) is 13.2 Å². The highest BCUT2D eigenvalue weighted by Crippen LogP contribution is 2.24. The van der Waals surface area contributed by atoms with Crippen LogP contribution in [0.25, 0.3) is 0 Å². The monoisotopic (exact) mass is 300 g/mol. The van der Waals surface area contributed by atoms with Crippen molar-refractivity contribution in [2.75, 3.05) is 31.6 Å². The van der Waals surface area contributed by atoms with Gasteiger partial charge < -0.3 is 14.4 Å². The molecule has 1 aromatic heterocycles. The molecular formula is C18H24N2O2. The molecule has 1 aliphatic rings. The number of furan rings is 1. The van der Waals surface area contributed by atoms with Crippen LogP contribution in [-0.4, -0.2) is 36.7 Å². The maximum Gasteiger partial charge on any atom is 0.129 e. The molecule has 0 bridgehead atoms. The maximum absolute atomic E-state index is 9.04. The van der Waals surface area contributed by atoms with Gasteiger partial charge >= 0.3 is 0 Å². The lowest BCUT2D eigenvalue weighted by atomic mass is 10.1. The van der Waals surface area contributed by atoms with Gasteiger partial charge in [0.25, 0.3) is 0 Å². The van der Waals surface area contributed by atoms with Crippen LogP contribution in [0, 0.1) is 5.92 Å². The van der Waals surface area contributed by atoms with Crippen LogP contribution in [0.15, 0.2) is 46.9 Å². The van der Waals surface area contributed by atoms with Crippen molar-refractivity contribution < 1.29 is 9.52 Å². The van der Waals surface area contributed by atoms with E-state index in [4.69, 9.17) is 9.52 Å². The highest BCUT2D eigenvalue weighted by Gasteiger charge is 2.23. The molecule has 0 spiro atoms. The Morgan fingerprint density at radius 2 is 1.95 bits per heavy atom. The second kappa shape index (κ2) is 6.99. The lowest BCUT2D eigenvalue weighted by Crippen LogP contribution is -2.27. The van der Waals surface area contributed by atoms with Gasteiger partial charge in [-0.25, -0.2) is 0 Å². The van der Waals surface area contributed by atoms with Crippen molar-refractivity contribution in [2.45, 2.75) is 19.6 Å². The predicted molar refractivity (Wildman–Crippen MR) is 87.7 cm³/mol. The Kier molecular flexibility index (Phi) is 4.80. The molecule has 2 aromatic rings. The molecular weight excluding hydrogens is 276 g/mol. The van der Waals surface area contributed by atoms with Crippen molar-refractivity contribution in [1.82, 2.24) is 4.90 Å². The number of aliphatic hydroxyl groups excluding tert-OH is 1. The Morgan fingerprint density at radius 3 is 2.68 bits per heavy atom. The first-order chi connectivity index (χ1) is 10.7. The third-order valence-electron chi connectivity index (χ3n) is 4.28. The lowest BCUT2D eigenvalue weighted by Gasteiger charge is -2.21. The topological polar surface area (TPSA) is 39.9 Å². The molecule has 2 heterocycles. The first-order valence-corrected chi connectivity index (χ1v) is 7.91. The van der Waals surface area contributed by atoms with E-state index < -0.39 is 0 Å². The Hall–Kier alpha value is -1.78. The molecule has 1 aromatic carbocycles. The zero-order chi connectivity index (χ0) is 15.4. The van der Waals surface area contributed by atoms with Gasteiger partial charge in [-0.1, -0.05) is 18.2 Å². The van der Waals surface area contributed by atoms with Gasteiger partial charge in [-0.3, -0.25) is 4.90 Å². The molecule has 0 saturated carbocycles. The normalized spacial score (nSPS) is 18.3. The molecule has 1 atom stereocenters. The Labute approximate surface area is 132 Å². The van der Waals surface area contributed by atoms with Crippen molar-refractivity contribution in [3.63, 3.8) is 0 Å². The number of hydrogen-bond acceptors (Lipinski definition) is 4. The standard InChI is InChI=1S/C18H24N2O2/c1-19(13-17-7-8-18(14-21)22-17)11-15-9-10-20(12-15)16-5-3-2-4-6-16/h2-8,15,21H,9-14H2,1H3/t15-/m0/s1. The number of aliphatic hydroxyl groups is 1. The molecule has 22 heavy (non-hydrogen) atoms. The number of nitrogens with zero attached hydrogens (tertiary/aromatic N) is 2. The highest BCUT2D eigenvalue weighted by molar-refractivity contribution is 5.46. The van der Waals surface area contributed by atoms with Crippen molar-refractivity contribution >= 4 is 5.69 Å². The van der Waals surface area contributed by atoms with Gasteiger partial charge in [-0.05, 0) is 43.7 Å². The van der Waals surface area contributed by atoms with E-state index in [-0.39, 0.29) is 6.61 Å². The molecule has 1 fully saturated rings. The van der Waals surface area contributed by atoms with E-state index in [1.165, 1.54) is 12.1 Å². The van der Waals surface area contributed by atoms with Gasteiger partial charge in [-0.15, -0.1) is 0 Å². The molecule has 4 heteroatoms. The summed E-state index contributed by atoms with van der Waals surface area (Å²) in [6.07, 6.45) is 1.24. The molecule has 4 nitrogen and oxygen atoms in total. The van der Waals surface area contributed by atoms with Crippen LogP contribution in [0.4, 0.5) is 5.69 Å². The number of rotatable bonds is 6. The van der Waals surface area contributed by atoms with Crippen LogP contribution in [0.2, 0.25) is 0 Å². The smallest absolute Gasteiger partial charge is 0.129 e. The van der Waals surface area contributed by atoms with Crippen LogP contribution < -0.4 is 4.90 Å². The zero-order valence-electron chi connectivity index (χ0n) is 13.1. The average molecular weight is 300 g/mol. The number of hydrogen-bond donors (Lipinski definition) is 1. The number of anilines is 1. The maximum atomic E-state index is 9.04. The van der Waals surface area contributed by atoms with Crippen LogP contribution in [0.5, 0.6) is 0 Å². The van der Waals surface area contributed by atoms with Crippen molar-refractivity contribution in [2.24, 2.45) is 5.92 Å². The molecule has 118 valence electrons. The fourth-order valence-corrected chi connectivity index (χ4v) is 3.22. The third kappa shape index (κ3) is 3.70. The number of benzene rings is 1. The third-order valence-corrected chi connectivity index (χ3v) is 4.28. The van der Waals surface area contributed by atoms with E-state index in [0.29, 0.717) is 11.7 Å². The molecule has 1 N–H and O–H groups in total. The van der Waals surface area contributed by atoms with Gasteiger partial charge in [0.2, 0.25) is 0 Å². The second-order valence-electron chi connectivity index (χ2n) is 6.16. The average Bonchev–Trinajstić information content (AvgIpc) is 3.17. The predicted octanol–water partition coefficient (Wildman–Crippen LogP) is 2.73. The summed E-state index contributed by atoms with van der Waals surface area (Å²) in [5.41, 5.74) is 1.33. The summed E-state index contributed by atoms with van der Waals surface area (Å²) in [5, 5.41) is 9.04. The van der Waals surface area contributed by atoms with E-state index in [1.807, 2.05) is 12.1 Å². The second-order valence-corrected chi connectivity index (χ2v) is 6.16. The van der Waals surface area contributed by atoms with Crippen molar-refractivity contribution in [3.05, 3.63) is 54.0 Å². The van der Waals surface area contributed by atoms with Gasteiger partial charge in [0.1, 0.15) is 18.1 Å². The van der Waals surface area contributed by atoms with Crippen LogP contribution in [0.3, 0.4) is 0 Å². The van der Waals surface area contributed by atoms with Gasteiger partial charge in [0.15, 0.2) is 0 Å². The summed E-state index contributed by atoms with van der Waals surface area (Å²) >= 11 is 0. The zero-order valence-corrected chi connectivity index (χ0v) is 13.1. The molecule has 0 amide bonds.